The lowest BCUT2D eigenvalue weighted by Gasteiger charge is -2.27. The Hall–Kier alpha value is -1.70. The van der Waals surface area contributed by atoms with Gasteiger partial charge in [-0.15, -0.1) is 0 Å². The number of aromatic nitrogens is 2. The molecule has 0 aromatic carbocycles. The van der Waals surface area contributed by atoms with E-state index in [2.05, 4.69) is 48.1 Å². The summed E-state index contributed by atoms with van der Waals surface area (Å²) in [5, 5.41) is 0. The molecule has 0 saturated carbocycles. The summed E-state index contributed by atoms with van der Waals surface area (Å²) in [4.78, 5) is 9.00. The van der Waals surface area contributed by atoms with Crippen LogP contribution in [0.2, 0.25) is 0 Å². The van der Waals surface area contributed by atoms with Crippen LogP contribution in [0.25, 0.3) is 0 Å². The van der Waals surface area contributed by atoms with Crippen LogP contribution in [-0.4, -0.2) is 9.97 Å². The minimum atomic E-state index is 0.889. The predicted octanol–water partition coefficient (Wildman–Crippen LogP) is 8.22. The van der Waals surface area contributed by atoms with Crippen LogP contribution in [0, 0.1) is 11.8 Å². The molecule has 2 nitrogen and oxygen atoms in total. The Morgan fingerprint density at radius 1 is 0.567 bits per heavy atom. The topological polar surface area (TPSA) is 25.8 Å². The molecule has 2 rings (SSSR count). The zero-order chi connectivity index (χ0) is 21.3. The highest BCUT2D eigenvalue weighted by Crippen LogP contribution is 2.32. The van der Waals surface area contributed by atoms with Crippen molar-refractivity contribution in [2.24, 2.45) is 11.8 Å². The van der Waals surface area contributed by atoms with Crippen molar-refractivity contribution < 1.29 is 0 Å². The van der Waals surface area contributed by atoms with Crippen molar-refractivity contribution in [3.63, 3.8) is 0 Å². The maximum atomic E-state index is 4.53. The fraction of sp³-hybridized carbons (Fsp3) is 0.643. The van der Waals surface area contributed by atoms with Gasteiger partial charge in [-0.3, -0.25) is 9.97 Å². The van der Waals surface area contributed by atoms with E-state index in [4.69, 9.17) is 0 Å². The van der Waals surface area contributed by atoms with Crippen LogP contribution in [0.3, 0.4) is 0 Å². The molecule has 0 amide bonds. The van der Waals surface area contributed by atoms with E-state index in [0.29, 0.717) is 0 Å². The van der Waals surface area contributed by atoms with E-state index in [1.807, 2.05) is 24.5 Å². The van der Waals surface area contributed by atoms with Crippen LogP contribution in [0.15, 0.2) is 48.8 Å². The fourth-order valence-electron chi connectivity index (χ4n) is 4.79. The third kappa shape index (κ3) is 10.4. The van der Waals surface area contributed by atoms with Gasteiger partial charge >= 0.3 is 0 Å². The van der Waals surface area contributed by atoms with E-state index in [-0.39, 0.29) is 0 Å². The molecule has 0 N–H and O–H groups in total. The largest absolute Gasteiger partial charge is 0.261 e. The Morgan fingerprint density at radius 3 is 1.70 bits per heavy atom. The molecule has 2 heterocycles. The molecule has 0 radical (unpaired) electrons. The van der Waals surface area contributed by atoms with Gasteiger partial charge in [-0.25, -0.2) is 0 Å². The Balaban J connectivity index is 1.80. The van der Waals surface area contributed by atoms with Gasteiger partial charge in [0.05, 0.1) is 0 Å². The Bertz CT molecular complexity index is 626. The van der Waals surface area contributed by atoms with Crippen molar-refractivity contribution >= 4 is 0 Å². The number of hydrogen-bond acceptors (Lipinski definition) is 2. The zero-order valence-electron chi connectivity index (χ0n) is 19.6. The van der Waals surface area contributed by atoms with Gasteiger partial charge in [0.2, 0.25) is 0 Å². The molecule has 2 unspecified atom stereocenters. The average molecular weight is 409 g/mol. The summed E-state index contributed by atoms with van der Waals surface area (Å²) >= 11 is 0. The number of hydrogen-bond donors (Lipinski definition) is 0. The number of rotatable bonds is 17. The van der Waals surface area contributed by atoms with Crippen LogP contribution in [-0.2, 0) is 12.8 Å². The van der Waals surface area contributed by atoms with Crippen molar-refractivity contribution in [2.45, 2.75) is 104 Å². The monoisotopic (exact) mass is 408 g/mol. The fourth-order valence-corrected chi connectivity index (χ4v) is 4.79. The number of aryl methyl sites for hydroxylation is 2. The van der Waals surface area contributed by atoms with Gasteiger partial charge in [-0.05, 0) is 68.2 Å². The standard InChI is InChI=1S/C28H44N2/c1-3-5-7-16-25(15-4-2)26(18-14-22-28-21-11-13-24-30-28)17-8-6-9-19-27-20-10-12-23-29-27/h10-13,20-21,23-26H,3-9,14-19,22H2,1-2H3. The maximum Gasteiger partial charge on any atom is 0.0403 e. The molecule has 30 heavy (non-hydrogen) atoms. The van der Waals surface area contributed by atoms with Crippen LogP contribution >= 0.6 is 0 Å². The average Bonchev–Trinajstić information content (AvgIpc) is 2.79. The molecule has 2 aromatic heterocycles. The molecule has 2 atom stereocenters. The summed E-state index contributed by atoms with van der Waals surface area (Å²) in [6, 6.07) is 12.6. The highest BCUT2D eigenvalue weighted by Gasteiger charge is 2.20. The van der Waals surface area contributed by atoms with Gasteiger partial charge in [-0.2, -0.15) is 0 Å². The molecule has 166 valence electrons. The highest BCUT2D eigenvalue weighted by molar-refractivity contribution is 5.04. The smallest absolute Gasteiger partial charge is 0.0403 e. The summed E-state index contributed by atoms with van der Waals surface area (Å²) in [5.41, 5.74) is 2.50. The van der Waals surface area contributed by atoms with Gasteiger partial charge in [0, 0.05) is 23.8 Å². The zero-order valence-corrected chi connectivity index (χ0v) is 19.6. The van der Waals surface area contributed by atoms with Crippen molar-refractivity contribution in [3.05, 3.63) is 60.2 Å². The summed E-state index contributed by atoms with van der Waals surface area (Å²) in [5.74, 6) is 1.81. The minimum Gasteiger partial charge on any atom is -0.261 e. The molecule has 0 spiro atoms. The molecule has 0 bridgehead atoms. The maximum absolute atomic E-state index is 4.53. The number of pyridine rings is 2. The van der Waals surface area contributed by atoms with E-state index < -0.39 is 0 Å². The molecule has 0 aliphatic heterocycles. The first-order valence-corrected chi connectivity index (χ1v) is 12.6. The van der Waals surface area contributed by atoms with E-state index in [1.54, 1.807) is 0 Å². The first-order valence-electron chi connectivity index (χ1n) is 12.6. The van der Waals surface area contributed by atoms with Gasteiger partial charge in [0.15, 0.2) is 0 Å². The van der Waals surface area contributed by atoms with Crippen LogP contribution < -0.4 is 0 Å². The summed E-state index contributed by atoms with van der Waals surface area (Å²) in [7, 11) is 0. The summed E-state index contributed by atoms with van der Waals surface area (Å²) in [6.45, 7) is 4.69. The quantitative estimate of drug-likeness (QED) is 0.246. The lowest BCUT2D eigenvalue weighted by molar-refractivity contribution is 0.243. The SMILES string of the molecule is CCCCCC(CCC)C(CCCCCc1ccccn1)CCCc1ccccn1. The molecule has 0 aliphatic rings. The minimum absolute atomic E-state index is 0.889. The Labute approximate surface area is 185 Å². The van der Waals surface area contributed by atoms with Crippen LogP contribution in [0.1, 0.15) is 102 Å². The predicted molar refractivity (Wildman–Crippen MR) is 130 cm³/mol. The van der Waals surface area contributed by atoms with Crippen LogP contribution in [0.4, 0.5) is 0 Å². The van der Waals surface area contributed by atoms with E-state index in [9.17, 15) is 0 Å². The third-order valence-corrected chi connectivity index (χ3v) is 6.47. The first-order chi connectivity index (χ1) is 14.8. The van der Waals surface area contributed by atoms with Crippen LogP contribution in [0.5, 0.6) is 0 Å². The molecular formula is C28H44N2. The van der Waals surface area contributed by atoms with Gasteiger partial charge in [0.1, 0.15) is 0 Å². The van der Waals surface area contributed by atoms with E-state index in [1.165, 1.54) is 88.4 Å². The van der Waals surface area contributed by atoms with Crippen molar-refractivity contribution in [2.75, 3.05) is 0 Å². The first kappa shape index (κ1) is 24.6. The number of unbranched alkanes of at least 4 members (excludes halogenated alkanes) is 4. The molecular weight excluding hydrogens is 364 g/mol. The van der Waals surface area contributed by atoms with E-state index in [0.717, 1.165) is 24.7 Å². The number of nitrogens with zero attached hydrogens (tertiary/aromatic N) is 2. The molecule has 0 fully saturated rings. The lowest BCUT2D eigenvalue weighted by atomic mass is 9.78. The second kappa shape index (κ2) is 16.1. The van der Waals surface area contributed by atoms with Crippen molar-refractivity contribution in [1.82, 2.24) is 9.97 Å². The van der Waals surface area contributed by atoms with E-state index >= 15 is 0 Å². The lowest BCUT2D eigenvalue weighted by Crippen LogP contribution is -2.16. The molecule has 2 heteroatoms. The second-order valence-electron chi connectivity index (χ2n) is 8.94. The van der Waals surface area contributed by atoms with Gasteiger partial charge in [0.25, 0.3) is 0 Å². The molecule has 0 saturated heterocycles. The Morgan fingerprint density at radius 2 is 1.13 bits per heavy atom. The molecule has 2 aromatic rings. The Kier molecular flexibility index (Phi) is 13.1. The third-order valence-electron chi connectivity index (χ3n) is 6.47. The van der Waals surface area contributed by atoms with Crippen molar-refractivity contribution in [3.8, 4) is 0 Å². The van der Waals surface area contributed by atoms with Gasteiger partial charge in [-0.1, -0.05) is 83.8 Å². The second-order valence-corrected chi connectivity index (χ2v) is 8.94. The summed E-state index contributed by atoms with van der Waals surface area (Å²) in [6.07, 6.45) is 22.4. The van der Waals surface area contributed by atoms with Crippen molar-refractivity contribution in [1.29, 1.82) is 0 Å². The highest BCUT2D eigenvalue weighted by atomic mass is 14.7. The van der Waals surface area contributed by atoms with Gasteiger partial charge < -0.3 is 0 Å². The summed E-state index contributed by atoms with van der Waals surface area (Å²) < 4.78 is 0. The normalized spacial score (nSPS) is 13.3. The molecule has 0 aliphatic carbocycles.